The van der Waals surface area contributed by atoms with Crippen molar-refractivity contribution in [3.63, 3.8) is 0 Å². The molecule has 0 aliphatic heterocycles. The number of rotatable bonds is 3. The van der Waals surface area contributed by atoms with E-state index in [2.05, 4.69) is 23.9 Å². The van der Waals surface area contributed by atoms with Crippen LogP contribution in [0.25, 0.3) is 0 Å². The molecule has 0 fully saturated rings. The van der Waals surface area contributed by atoms with Gasteiger partial charge in [-0.2, -0.15) is 5.10 Å². The second-order valence-corrected chi connectivity index (χ2v) is 3.20. The van der Waals surface area contributed by atoms with E-state index in [0.29, 0.717) is 12.5 Å². The van der Waals surface area contributed by atoms with Gasteiger partial charge in [0.1, 0.15) is 5.82 Å². The normalized spacial score (nSPS) is 11.1. The molecular weight excluding hydrogens is 152 g/mol. The predicted octanol–water partition coefficient (Wildman–Crippen LogP) is 0.440. The highest BCUT2D eigenvalue weighted by atomic mass is 15.3. The summed E-state index contributed by atoms with van der Waals surface area (Å²) in [5.41, 5.74) is 5.41. The van der Waals surface area contributed by atoms with Crippen LogP contribution in [0.3, 0.4) is 0 Å². The summed E-state index contributed by atoms with van der Waals surface area (Å²) < 4.78 is 1.83. The van der Waals surface area contributed by atoms with E-state index < -0.39 is 0 Å². The Balaban J connectivity index is 2.85. The van der Waals surface area contributed by atoms with Gasteiger partial charge >= 0.3 is 0 Å². The van der Waals surface area contributed by atoms with Crippen molar-refractivity contribution < 1.29 is 0 Å². The Labute approximate surface area is 72.8 Å². The summed E-state index contributed by atoms with van der Waals surface area (Å²) in [5.74, 6) is 2.30. The molecule has 68 valence electrons. The van der Waals surface area contributed by atoms with Gasteiger partial charge in [-0.3, -0.25) is 4.68 Å². The van der Waals surface area contributed by atoms with Gasteiger partial charge in [0.15, 0.2) is 5.82 Å². The quantitative estimate of drug-likeness (QED) is 0.712. The fourth-order valence-corrected chi connectivity index (χ4v) is 1.19. The van der Waals surface area contributed by atoms with Crippen LogP contribution in [-0.2, 0) is 13.5 Å². The maximum absolute atomic E-state index is 5.41. The van der Waals surface area contributed by atoms with Crippen LogP contribution in [-0.4, -0.2) is 21.3 Å². The smallest absolute Gasteiger partial charge is 0.152 e. The minimum absolute atomic E-state index is 0.425. The minimum Gasteiger partial charge on any atom is -0.330 e. The zero-order valence-electron chi connectivity index (χ0n) is 7.91. The lowest BCUT2D eigenvalue weighted by Gasteiger charge is -2.00. The average Bonchev–Trinajstić information content (AvgIpc) is 2.32. The van der Waals surface area contributed by atoms with Crippen LogP contribution in [0, 0.1) is 0 Å². The van der Waals surface area contributed by atoms with E-state index in [9.17, 15) is 0 Å². The maximum Gasteiger partial charge on any atom is 0.152 e. The Hall–Kier alpha value is -0.900. The summed E-state index contributed by atoms with van der Waals surface area (Å²) in [6.45, 7) is 4.83. The molecule has 4 heteroatoms. The summed E-state index contributed by atoms with van der Waals surface area (Å²) in [5, 5.41) is 4.25. The van der Waals surface area contributed by atoms with Crippen LogP contribution in [0.1, 0.15) is 31.4 Å². The Morgan fingerprint density at radius 1 is 1.50 bits per heavy atom. The number of aromatic nitrogens is 3. The minimum atomic E-state index is 0.425. The highest BCUT2D eigenvalue weighted by molar-refractivity contribution is 4.97. The maximum atomic E-state index is 5.41. The molecule has 0 aliphatic carbocycles. The van der Waals surface area contributed by atoms with Crippen molar-refractivity contribution in [2.24, 2.45) is 12.8 Å². The third-order valence-corrected chi connectivity index (χ3v) is 1.72. The molecule has 0 unspecified atom stereocenters. The molecule has 4 nitrogen and oxygen atoms in total. The molecule has 0 spiro atoms. The molecule has 0 amide bonds. The van der Waals surface area contributed by atoms with E-state index in [1.54, 1.807) is 0 Å². The molecular formula is C8H16N4. The molecule has 0 radical (unpaired) electrons. The molecule has 1 aromatic heterocycles. The van der Waals surface area contributed by atoms with E-state index in [4.69, 9.17) is 5.73 Å². The first-order valence-electron chi connectivity index (χ1n) is 4.25. The van der Waals surface area contributed by atoms with Crippen molar-refractivity contribution in [3.8, 4) is 0 Å². The molecule has 0 aromatic carbocycles. The molecule has 0 bridgehead atoms. The first kappa shape index (κ1) is 9.19. The van der Waals surface area contributed by atoms with Crippen LogP contribution in [0.15, 0.2) is 0 Å². The van der Waals surface area contributed by atoms with Crippen molar-refractivity contribution in [3.05, 3.63) is 11.6 Å². The third kappa shape index (κ3) is 1.82. The van der Waals surface area contributed by atoms with Gasteiger partial charge in [-0.1, -0.05) is 13.8 Å². The molecule has 0 atom stereocenters. The lowest BCUT2D eigenvalue weighted by Crippen LogP contribution is -2.04. The standard InChI is InChI=1S/C8H16N4/c1-6(2)8-10-7(4-5-9)11-12(8)3/h6H,4-5,9H2,1-3H3. The first-order valence-corrected chi connectivity index (χ1v) is 4.25. The second-order valence-electron chi connectivity index (χ2n) is 3.20. The van der Waals surface area contributed by atoms with Crippen molar-refractivity contribution in [2.75, 3.05) is 6.54 Å². The molecule has 12 heavy (non-hydrogen) atoms. The Morgan fingerprint density at radius 3 is 2.58 bits per heavy atom. The second kappa shape index (κ2) is 3.67. The summed E-state index contributed by atoms with van der Waals surface area (Å²) in [4.78, 5) is 4.37. The SMILES string of the molecule is CC(C)c1nc(CCN)nn1C. The van der Waals surface area contributed by atoms with Crippen molar-refractivity contribution in [1.82, 2.24) is 14.8 Å². The Kier molecular flexibility index (Phi) is 2.81. The fourth-order valence-electron chi connectivity index (χ4n) is 1.19. The molecule has 0 aliphatic rings. The number of nitrogens with zero attached hydrogens (tertiary/aromatic N) is 3. The summed E-state index contributed by atoms with van der Waals surface area (Å²) in [7, 11) is 1.92. The lowest BCUT2D eigenvalue weighted by atomic mass is 10.2. The number of hydrogen-bond donors (Lipinski definition) is 1. The number of aryl methyl sites for hydroxylation is 1. The van der Waals surface area contributed by atoms with Crippen LogP contribution in [0.4, 0.5) is 0 Å². The van der Waals surface area contributed by atoms with Crippen LogP contribution in [0.5, 0.6) is 0 Å². The van der Waals surface area contributed by atoms with Crippen LogP contribution >= 0.6 is 0 Å². The topological polar surface area (TPSA) is 56.7 Å². The van der Waals surface area contributed by atoms with Crippen molar-refractivity contribution in [2.45, 2.75) is 26.2 Å². The fraction of sp³-hybridized carbons (Fsp3) is 0.750. The highest BCUT2D eigenvalue weighted by Crippen LogP contribution is 2.10. The van der Waals surface area contributed by atoms with E-state index in [1.165, 1.54) is 0 Å². The van der Waals surface area contributed by atoms with E-state index >= 15 is 0 Å². The molecule has 0 saturated heterocycles. The Morgan fingerprint density at radius 2 is 2.17 bits per heavy atom. The van der Waals surface area contributed by atoms with Gasteiger partial charge in [-0.05, 0) is 6.54 Å². The average molecular weight is 168 g/mol. The molecule has 1 aromatic rings. The van der Waals surface area contributed by atoms with Gasteiger partial charge < -0.3 is 5.73 Å². The predicted molar refractivity (Wildman–Crippen MR) is 47.9 cm³/mol. The first-order chi connectivity index (χ1) is 5.65. The summed E-state index contributed by atoms with van der Waals surface area (Å²) in [6.07, 6.45) is 0.764. The van der Waals surface area contributed by atoms with E-state index in [1.807, 2.05) is 11.7 Å². The monoisotopic (exact) mass is 168 g/mol. The highest BCUT2D eigenvalue weighted by Gasteiger charge is 2.08. The van der Waals surface area contributed by atoms with Crippen LogP contribution in [0.2, 0.25) is 0 Å². The van der Waals surface area contributed by atoms with Crippen molar-refractivity contribution in [1.29, 1.82) is 0 Å². The van der Waals surface area contributed by atoms with Gasteiger partial charge in [-0.15, -0.1) is 0 Å². The van der Waals surface area contributed by atoms with Gasteiger partial charge in [-0.25, -0.2) is 4.98 Å². The third-order valence-electron chi connectivity index (χ3n) is 1.72. The largest absolute Gasteiger partial charge is 0.330 e. The lowest BCUT2D eigenvalue weighted by molar-refractivity contribution is 0.652. The number of hydrogen-bond acceptors (Lipinski definition) is 3. The summed E-state index contributed by atoms with van der Waals surface area (Å²) >= 11 is 0. The number of nitrogens with two attached hydrogens (primary N) is 1. The zero-order valence-corrected chi connectivity index (χ0v) is 7.91. The molecule has 0 saturated carbocycles. The van der Waals surface area contributed by atoms with Gasteiger partial charge in [0.25, 0.3) is 0 Å². The van der Waals surface area contributed by atoms with Crippen LogP contribution < -0.4 is 5.73 Å². The van der Waals surface area contributed by atoms with E-state index in [0.717, 1.165) is 18.1 Å². The van der Waals surface area contributed by atoms with Gasteiger partial charge in [0.05, 0.1) is 0 Å². The van der Waals surface area contributed by atoms with Crippen molar-refractivity contribution >= 4 is 0 Å². The molecule has 1 rings (SSSR count). The van der Waals surface area contributed by atoms with Gasteiger partial charge in [0.2, 0.25) is 0 Å². The van der Waals surface area contributed by atoms with E-state index in [-0.39, 0.29) is 0 Å². The molecule has 1 heterocycles. The van der Waals surface area contributed by atoms with Gasteiger partial charge in [0, 0.05) is 19.4 Å². The molecule has 2 N–H and O–H groups in total. The summed E-state index contributed by atoms with van der Waals surface area (Å²) in [6, 6.07) is 0. The Bertz CT molecular complexity index is 252. The zero-order chi connectivity index (χ0) is 9.14.